The number of likely N-dealkylation sites (tertiary alicyclic amines) is 1. The van der Waals surface area contributed by atoms with E-state index < -0.39 is 11.0 Å². The Morgan fingerprint density at radius 3 is 2.53 bits per heavy atom. The Bertz CT molecular complexity index is 983. The fourth-order valence-corrected chi connectivity index (χ4v) is 9.22. The molecule has 4 aliphatic carbocycles. The highest BCUT2D eigenvalue weighted by molar-refractivity contribution is 5.61. The van der Waals surface area contributed by atoms with Gasteiger partial charge < -0.3 is 25.0 Å². The molecule has 0 radical (unpaired) electrons. The van der Waals surface area contributed by atoms with Crippen molar-refractivity contribution in [3.05, 3.63) is 28.8 Å². The number of piperidine rings is 1. The van der Waals surface area contributed by atoms with Crippen molar-refractivity contribution in [2.45, 2.75) is 89.6 Å². The zero-order valence-corrected chi connectivity index (χ0v) is 20.2. The lowest BCUT2D eigenvalue weighted by Gasteiger charge is -2.75. The topological polar surface area (TPSA) is 73.2 Å². The van der Waals surface area contributed by atoms with Crippen LogP contribution in [0.15, 0.2) is 12.1 Å². The Morgan fingerprint density at radius 1 is 1.12 bits per heavy atom. The van der Waals surface area contributed by atoms with E-state index in [0.29, 0.717) is 6.04 Å². The first-order chi connectivity index (χ1) is 15.0. The Kier molecular flexibility index (Phi) is 4.08. The van der Waals surface area contributed by atoms with Crippen LogP contribution in [0.1, 0.15) is 70.1 Å². The minimum absolute atomic E-state index is 0.0216. The number of likely N-dealkylation sites (N-methyl/N-ethyl adjacent to an activating group) is 1. The molecule has 32 heavy (non-hydrogen) atoms. The molecule has 3 N–H and O–H groups in total. The van der Waals surface area contributed by atoms with Crippen molar-refractivity contribution in [1.29, 1.82) is 0 Å². The van der Waals surface area contributed by atoms with Gasteiger partial charge in [-0.15, -0.1) is 0 Å². The minimum Gasteiger partial charge on any atom is -0.488 e. The fraction of sp³-hybridized carbons (Fsp3) is 0.778. The zero-order valence-electron chi connectivity index (χ0n) is 20.2. The number of ether oxygens (including phenoxy) is 1. The van der Waals surface area contributed by atoms with Crippen LogP contribution >= 0.6 is 0 Å². The predicted molar refractivity (Wildman–Crippen MR) is 123 cm³/mol. The third-order valence-corrected chi connectivity index (χ3v) is 11.3. The van der Waals surface area contributed by atoms with E-state index in [1.165, 1.54) is 11.1 Å². The predicted octanol–water partition coefficient (Wildman–Crippen LogP) is 3.01. The van der Waals surface area contributed by atoms with E-state index in [4.69, 9.17) is 4.74 Å². The van der Waals surface area contributed by atoms with Crippen LogP contribution in [-0.4, -0.2) is 58.2 Å². The largest absolute Gasteiger partial charge is 0.488 e. The summed E-state index contributed by atoms with van der Waals surface area (Å²) in [5.74, 6) is 0.840. The van der Waals surface area contributed by atoms with Crippen molar-refractivity contribution < 1.29 is 20.1 Å². The molecule has 2 spiro atoms. The van der Waals surface area contributed by atoms with Gasteiger partial charge in [0.25, 0.3) is 0 Å². The van der Waals surface area contributed by atoms with Crippen LogP contribution in [0.3, 0.4) is 0 Å². The van der Waals surface area contributed by atoms with Crippen LogP contribution in [0, 0.1) is 22.2 Å². The van der Waals surface area contributed by atoms with E-state index in [0.717, 1.165) is 50.0 Å². The molecule has 2 heterocycles. The molecule has 7 atom stereocenters. The van der Waals surface area contributed by atoms with Crippen molar-refractivity contribution in [3.8, 4) is 5.75 Å². The molecule has 1 saturated heterocycles. The van der Waals surface area contributed by atoms with Gasteiger partial charge in [-0.25, -0.2) is 0 Å². The monoisotopic (exact) mass is 441 g/mol. The first kappa shape index (κ1) is 21.4. The first-order valence-electron chi connectivity index (χ1n) is 12.5. The number of nitrogens with zero attached hydrogens (tertiary/aromatic N) is 1. The second-order valence-corrected chi connectivity index (χ2v) is 12.9. The normalized spacial score (nSPS) is 43.6. The molecule has 1 aromatic carbocycles. The molecule has 0 unspecified atom stereocenters. The number of hydrogen-bond acceptors (Lipinski definition) is 5. The van der Waals surface area contributed by atoms with Crippen molar-refractivity contribution in [2.75, 3.05) is 20.2 Å². The Hall–Kier alpha value is -1.14. The smallest absolute Gasteiger partial charge is 0.129 e. The average molecular weight is 442 g/mol. The molecule has 176 valence electrons. The summed E-state index contributed by atoms with van der Waals surface area (Å²) in [7, 11) is 2.27. The summed E-state index contributed by atoms with van der Waals surface area (Å²) in [6.45, 7) is 9.38. The average Bonchev–Trinajstić information content (AvgIpc) is 3.12. The van der Waals surface area contributed by atoms with E-state index >= 15 is 0 Å². The van der Waals surface area contributed by atoms with Gasteiger partial charge in [0.15, 0.2) is 0 Å². The summed E-state index contributed by atoms with van der Waals surface area (Å²) in [6.07, 6.45) is 4.75. The summed E-state index contributed by atoms with van der Waals surface area (Å²) >= 11 is 0. The molecule has 0 aromatic heterocycles. The van der Waals surface area contributed by atoms with Crippen LogP contribution in [0.2, 0.25) is 0 Å². The molecular formula is C27H39NO4. The third-order valence-electron chi connectivity index (χ3n) is 11.3. The van der Waals surface area contributed by atoms with Gasteiger partial charge in [0.1, 0.15) is 11.9 Å². The van der Waals surface area contributed by atoms with Crippen molar-refractivity contribution in [2.24, 2.45) is 22.2 Å². The van der Waals surface area contributed by atoms with E-state index in [1.54, 1.807) is 0 Å². The molecular weight excluding hydrogens is 402 g/mol. The van der Waals surface area contributed by atoms with Gasteiger partial charge in [0.2, 0.25) is 0 Å². The molecule has 1 aromatic rings. The van der Waals surface area contributed by atoms with Gasteiger partial charge in [0, 0.05) is 33.4 Å². The standard InChI is InChI=1S/C27H39NO4/c1-23(2,3)24(4,31)18-13-26-9-8-25(18,15-30)22-27(26)10-11-28(5)19(26)12-16-6-7-17(14-29)21(32-22)20(16)27/h6-7,18-19,22,29-31H,8-15H2,1-5H3/t18-,19-,22+,24-,25-,26-,27+/m1/s1. The maximum atomic E-state index is 12.1. The van der Waals surface area contributed by atoms with Gasteiger partial charge in [-0.05, 0) is 69.5 Å². The van der Waals surface area contributed by atoms with Gasteiger partial charge >= 0.3 is 0 Å². The highest BCUT2D eigenvalue weighted by atomic mass is 16.5. The van der Waals surface area contributed by atoms with Crippen molar-refractivity contribution in [3.63, 3.8) is 0 Å². The first-order valence-corrected chi connectivity index (χ1v) is 12.5. The molecule has 0 amide bonds. The van der Waals surface area contributed by atoms with Crippen LogP contribution in [0.25, 0.3) is 0 Å². The maximum absolute atomic E-state index is 12.1. The lowest BCUT2D eigenvalue weighted by Crippen LogP contribution is -2.81. The molecule has 5 heteroatoms. The van der Waals surface area contributed by atoms with Crippen LogP contribution in [0.4, 0.5) is 0 Å². The lowest BCUT2D eigenvalue weighted by molar-refractivity contribution is -0.287. The number of aliphatic hydroxyl groups is 3. The van der Waals surface area contributed by atoms with Crippen molar-refractivity contribution in [1.82, 2.24) is 4.90 Å². The van der Waals surface area contributed by atoms with E-state index in [1.807, 2.05) is 13.0 Å². The second kappa shape index (κ2) is 6.10. The summed E-state index contributed by atoms with van der Waals surface area (Å²) in [5.41, 5.74) is 1.72. The van der Waals surface area contributed by atoms with Crippen LogP contribution in [0.5, 0.6) is 5.75 Å². The molecule has 2 aliphatic heterocycles. The fourth-order valence-electron chi connectivity index (χ4n) is 9.22. The summed E-state index contributed by atoms with van der Waals surface area (Å²) in [4.78, 5) is 2.56. The number of fused-ring (bicyclic) bond motifs is 2. The number of rotatable bonds is 3. The van der Waals surface area contributed by atoms with Gasteiger partial charge in [0.05, 0.1) is 18.8 Å². The zero-order chi connectivity index (χ0) is 22.9. The highest BCUT2D eigenvalue weighted by Gasteiger charge is 2.81. The van der Waals surface area contributed by atoms with Crippen LogP contribution < -0.4 is 4.74 Å². The minimum atomic E-state index is -0.935. The Labute approximate surface area is 191 Å². The summed E-state index contributed by atoms with van der Waals surface area (Å²) in [6, 6.07) is 4.66. The molecule has 5 nitrogen and oxygen atoms in total. The Morgan fingerprint density at radius 2 is 1.88 bits per heavy atom. The van der Waals surface area contributed by atoms with Crippen molar-refractivity contribution >= 4 is 0 Å². The summed E-state index contributed by atoms with van der Waals surface area (Å²) < 4.78 is 6.95. The van der Waals surface area contributed by atoms with E-state index in [9.17, 15) is 15.3 Å². The van der Waals surface area contributed by atoms with Gasteiger partial charge in [-0.3, -0.25) is 0 Å². The molecule has 3 saturated carbocycles. The second-order valence-electron chi connectivity index (χ2n) is 12.9. The van der Waals surface area contributed by atoms with E-state index in [2.05, 4.69) is 38.8 Å². The molecule has 6 aliphatic rings. The number of hydrogen-bond donors (Lipinski definition) is 3. The molecule has 7 rings (SSSR count). The quantitative estimate of drug-likeness (QED) is 0.673. The van der Waals surface area contributed by atoms with Crippen LogP contribution in [-0.2, 0) is 18.4 Å². The molecule has 4 fully saturated rings. The number of benzene rings is 1. The summed E-state index contributed by atoms with van der Waals surface area (Å²) in [5, 5.41) is 33.3. The van der Waals surface area contributed by atoms with E-state index in [-0.39, 0.29) is 41.5 Å². The third kappa shape index (κ3) is 2.04. The Balaban J connectivity index is 1.65. The van der Waals surface area contributed by atoms with Gasteiger partial charge in [-0.1, -0.05) is 32.9 Å². The molecule has 4 bridgehead atoms. The lowest BCUT2D eigenvalue weighted by atomic mass is 9.31. The highest BCUT2D eigenvalue weighted by Crippen LogP contribution is 2.79. The SMILES string of the molecule is CN1CC[C@]23c4c5ccc(CO)c4O[C@H]2[C@@]2(CO)CC[C@@]3(C[C@@H]2[C@@](C)(O)C(C)(C)C)[C@H]1C5. The van der Waals surface area contributed by atoms with Gasteiger partial charge in [-0.2, -0.15) is 0 Å². The maximum Gasteiger partial charge on any atom is 0.129 e. The number of aliphatic hydroxyl groups excluding tert-OH is 2.